The van der Waals surface area contributed by atoms with Crippen LogP contribution in [-0.4, -0.2) is 87.2 Å². The van der Waals surface area contributed by atoms with Crippen molar-refractivity contribution in [1.29, 1.82) is 0 Å². The SMILES string of the molecule is CCCC(NC(=O)[C@H](C)N(C[C@H]1CCCC1(C)C)C(=O)C(NC(=O)NC1(C(O)O)CCCCC1)C(C)(C)C)C(=O)C(=O)NC1CC1. The highest BCUT2D eigenvalue weighted by Crippen LogP contribution is 2.43. The maximum absolute atomic E-state index is 14.5. The summed E-state index contributed by atoms with van der Waals surface area (Å²) < 4.78 is 0. The van der Waals surface area contributed by atoms with Crippen LogP contribution in [0.4, 0.5) is 4.79 Å². The fraction of sp³-hybridized carbons (Fsp3) is 0.853. The van der Waals surface area contributed by atoms with Crippen LogP contribution in [0.2, 0.25) is 0 Å². The molecule has 0 spiro atoms. The van der Waals surface area contributed by atoms with E-state index in [0.29, 0.717) is 19.3 Å². The van der Waals surface area contributed by atoms with Crippen molar-refractivity contribution in [3.8, 4) is 0 Å². The summed E-state index contributed by atoms with van der Waals surface area (Å²) in [6.45, 7) is 13.5. The number of ketones is 1. The van der Waals surface area contributed by atoms with E-state index in [2.05, 4.69) is 35.1 Å². The first-order chi connectivity index (χ1) is 21.4. The maximum atomic E-state index is 14.5. The third-order valence-corrected chi connectivity index (χ3v) is 10.4. The number of carbonyl (C=O) groups is 5. The number of nitrogens with one attached hydrogen (secondary N) is 4. The van der Waals surface area contributed by atoms with Crippen LogP contribution in [0.5, 0.6) is 0 Å². The molecule has 0 aromatic rings. The molecule has 3 aliphatic rings. The lowest BCUT2D eigenvalue weighted by Gasteiger charge is -2.42. The molecular weight excluding hydrogens is 590 g/mol. The van der Waals surface area contributed by atoms with Crippen LogP contribution in [0.25, 0.3) is 0 Å². The molecule has 5 amide bonds. The summed E-state index contributed by atoms with van der Waals surface area (Å²) in [5.74, 6) is -2.29. The molecule has 3 rings (SSSR count). The molecule has 0 aromatic carbocycles. The maximum Gasteiger partial charge on any atom is 0.316 e. The highest BCUT2D eigenvalue weighted by molar-refractivity contribution is 6.38. The Balaban J connectivity index is 1.86. The van der Waals surface area contributed by atoms with E-state index in [1.807, 2.05) is 27.7 Å². The van der Waals surface area contributed by atoms with Crippen molar-refractivity contribution in [2.45, 2.75) is 162 Å². The first kappa shape index (κ1) is 37.7. The van der Waals surface area contributed by atoms with Gasteiger partial charge >= 0.3 is 6.03 Å². The molecule has 0 saturated heterocycles. The van der Waals surface area contributed by atoms with Crippen LogP contribution in [0.1, 0.15) is 126 Å². The lowest BCUT2D eigenvalue weighted by atomic mass is 9.80. The molecule has 0 aliphatic heterocycles. The summed E-state index contributed by atoms with van der Waals surface area (Å²) in [6, 6.07) is -3.75. The third kappa shape index (κ3) is 9.65. The quantitative estimate of drug-likeness (QED) is 0.124. The van der Waals surface area contributed by atoms with E-state index in [1.54, 1.807) is 6.92 Å². The molecule has 3 aliphatic carbocycles. The van der Waals surface area contributed by atoms with Gasteiger partial charge in [-0.2, -0.15) is 0 Å². The number of hydrogen-bond acceptors (Lipinski definition) is 7. The minimum atomic E-state index is -1.75. The summed E-state index contributed by atoms with van der Waals surface area (Å²) in [5.41, 5.74) is -2.04. The predicted molar refractivity (Wildman–Crippen MR) is 174 cm³/mol. The van der Waals surface area contributed by atoms with Crippen molar-refractivity contribution in [2.24, 2.45) is 16.7 Å². The van der Waals surface area contributed by atoms with Crippen molar-refractivity contribution in [3.05, 3.63) is 0 Å². The number of hydrogen-bond donors (Lipinski definition) is 6. The summed E-state index contributed by atoms with van der Waals surface area (Å²) in [7, 11) is 0. The van der Waals surface area contributed by atoms with E-state index in [-0.39, 0.29) is 30.3 Å². The van der Waals surface area contributed by atoms with Crippen LogP contribution in [0.3, 0.4) is 0 Å². The van der Waals surface area contributed by atoms with Crippen LogP contribution in [-0.2, 0) is 19.2 Å². The zero-order valence-corrected chi connectivity index (χ0v) is 29.0. The van der Waals surface area contributed by atoms with Crippen molar-refractivity contribution in [3.63, 3.8) is 0 Å². The van der Waals surface area contributed by atoms with Gasteiger partial charge in [0.2, 0.25) is 17.6 Å². The Hall–Kier alpha value is -2.73. The largest absolute Gasteiger partial charge is 0.366 e. The van der Waals surface area contributed by atoms with E-state index >= 15 is 0 Å². The zero-order chi connectivity index (χ0) is 34.4. The van der Waals surface area contributed by atoms with Crippen molar-refractivity contribution >= 4 is 29.5 Å². The van der Waals surface area contributed by atoms with E-state index < -0.39 is 64.9 Å². The number of aliphatic hydroxyl groups is 2. The second-order valence-corrected chi connectivity index (χ2v) is 15.7. The molecule has 0 bridgehead atoms. The average Bonchev–Trinajstić information content (AvgIpc) is 3.73. The first-order valence-electron chi connectivity index (χ1n) is 17.3. The molecule has 46 heavy (non-hydrogen) atoms. The lowest BCUT2D eigenvalue weighted by Crippen LogP contribution is -2.65. The van der Waals surface area contributed by atoms with Crippen LogP contribution < -0.4 is 21.3 Å². The van der Waals surface area contributed by atoms with Gasteiger partial charge in [0.1, 0.15) is 12.1 Å². The fourth-order valence-electron chi connectivity index (χ4n) is 6.89. The van der Waals surface area contributed by atoms with E-state index in [4.69, 9.17) is 0 Å². The Kier molecular flexibility index (Phi) is 12.7. The molecule has 2 unspecified atom stereocenters. The molecule has 0 heterocycles. The predicted octanol–water partition coefficient (Wildman–Crippen LogP) is 2.89. The van der Waals surface area contributed by atoms with Gasteiger partial charge in [-0.3, -0.25) is 19.2 Å². The van der Waals surface area contributed by atoms with E-state index in [9.17, 15) is 34.2 Å². The minimum Gasteiger partial charge on any atom is -0.366 e. The Bertz CT molecular complexity index is 1110. The molecule has 12 heteroatoms. The summed E-state index contributed by atoms with van der Waals surface area (Å²) in [4.78, 5) is 68.9. The van der Waals surface area contributed by atoms with Crippen molar-refractivity contribution in [1.82, 2.24) is 26.2 Å². The molecule has 0 radical (unpaired) electrons. The molecule has 0 aromatic heterocycles. The molecule has 4 atom stereocenters. The van der Waals surface area contributed by atoms with Gasteiger partial charge in [0.25, 0.3) is 5.91 Å². The van der Waals surface area contributed by atoms with Crippen LogP contribution >= 0.6 is 0 Å². The lowest BCUT2D eigenvalue weighted by molar-refractivity contribution is -0.146. The second-order valence-electron chi connectivity index (χ2n) is 15.7. The Morgan fingerprint density at radius 1 is 0.913 bits per heavy atom. The molecule has 262 valence electrons. The van der Waals surface area contributed by atoms with Crippen LogP contribution in [0, 0.1) is 16.7 Å². The Labute approximate surface area is 274 Å². The Morgan fingerprint density at radius 2 is 1.54 bits per heavy atom. The van der Waals surface area contributed by atoms with Gasteiger partial charge in [-0.25, -0.2) is 4.79 Å². The zero-order valence-electron chi connectivity index (χ0n) is 29.0. The number of carbonyl (C=O) groups excluding carboxylic acids is 5. The summed E-state index contributed by atoms with van der Waals surface area (Å²) in [5, 5.41) is 31.4. The number of aliphatic hydroxyl groups excluding tert-OH is 1. The average molecular weight is 650 g/mol. The topological polar surface area (TPSA) is 177 Å². The second kappa shape index (κ2) is 15.4. The normalized spacial score (nSPS) is 22.7. The number of rotatable bonds is 14. The number of urea groups is 1. The van der Waals surface area contributed by atoms with Gasteiger partial charge in [0.15, 0.2) is 6.29 Å². The molecular formula is C34H59N5O7. The van der Waals surface area contributed by atoms with Crippen molar-refractivity contribution < 1.29 is 34.2 Å². The molecule has 3 saturated carbocycles. The molecule has 6 N–H and O–H groups in total. The minimum absolute atomic E-state index is 0.00361. The van der Waals surface area contributed by atoms with Gasteiger partial charge in [0, 0.05) is 12.6 Å². The van der Waals surface area contributed by atoms with Gasteiger partial charge in [-0.05, 0) is 68.6 Å². The number of amides is 5. The first-order valence-corrected chi connectivity index (χ1v) is 17.3. The monoisotopic (exact) mass is 649 g/mol. The highest BCUT2D eigenvalue weighted by atomic mass is 16.5. The van der Waals surface area contributed by atoms with Gasteiger partial charge in [-0.1, -0.05) is 73.6 Å². The number of nitrogens with zero attached hydrogens (tertiary/aromatic N) is 1. The molecule has 3 fully saturated rings. The summed E-state index contributed by atoms with van der Waals surface area (Å²) >= 11 is 0. The number of Topliss-reactive ketones (excluding diaryl/α,β-unsaturated/α-hetero) is 1. The van der Waals surface area contributed by atoms with E-state index in [0.717, 1.165) is 51.4 Å². The van der Waals surface area contributed by atoms with Crippen LogP contribution in [0.15, 0.2) is 0 Å². The highest BCUT2D eigenvalue weighted by Gasteiger charge is 2.45. The smallest absolute Gasteiger partial charge is 0.316 e. The van der Waals surface area contributed by atoms with Gasteiger partial charge in [-0.15, -0.1) is 0 Å². The Morgan fingerprint density at radius 3 is 2.04 bits per heavy atom. The standard InChI is InChI=1S/C34H59N5O7/c1-8-13-24(25(40)28(42)35-23-15-16-23)36-27(41)21(2)39(20-22-14-12-17-33(22,6)7)29(43)26(32(3,4)5)37-31(46)38-34(30(44)45)18-10-9-11-19-34/h21-24,26,30,44-45H,8-20H2,1-7H3,(H,35,42)(H,36,41)(H2,37,38,46)/t21-,22+,24?,26?/m0/s1. The molecule has 12 nitrogen and oxygen atoms in total. The van der Waals surface area contributed by atoms with Gasteiger partial charge in [0.05, 0.1) is 11.6 Å². The fourth-order valence-corrected chi connectivity index (χ4v) is 6.89. The summed E-state index contributed by atoms with van der Waals surface area (Å²) in [6.07, 6.45) is 6.84. The van der Waals surface area contributed by atoms with E-state index in [1.165, 1.54) is 4.90 Å². The van der Waals surface area contributed by atoms with Gasteiger partial charge < -0.3 is 36.4 Å². The van der Waals surface area contributed by atoms with Crippen molar-refractivity contribution in [2.75, 3.05) is 6.54 Å². The third-order valence-electron chi connectivity index (χ3n) is 10.4.